The van der Waals surface area contributed by atoms with Gasteiger partial charge in [0.1, 0.15) is 5.52 Å². The second-order valence-electron chi connectivity index (χ2n) is 3.13. The molecule has 0 amide bonds. The predicted octanol–water partition coefficient (Wildman–Crippen LogP) is 1.08. The van der Waals surface area contributed by atoms with Gasteiger partial charge in [-0.15, -0.1) is 0 Å². The first-order chi connectivity index (χ1) is 7.59. The van der Waals surface area contributed by atoms with Crippen LogP contribution in [0.3, 0.4) is 0 Å². The summed E-state index contributed by atoms with van der Waals surface area (Å²) in [7, 11) is 0. The lowest BCUT2D eigenvalue weighted by Gasteiger charge is -2.00. The van der Waals surface area contributed by atoms with Crippen molar-refractivity contribution in [2.24, 2.45) is 0 Å². The molecular weight excluding hydrogens is 214 g/mol. The van der Waals surface area contributed by atoms with Crippen molar-refractivity contribution in [3.8, 4) is 0 Å². The van der Waals surface area contributed by atoms with Gasteiger partial charge >= 0.3 is 11.9 Å². The number of oxazole rings is 1. The molecule has 1 heterocycles. The Hall–Kier alpha value is -2.37. The van der Waals surface area contributed by atoms with E-state index in [1.54, 1.807) is 24.3 Å². The van der Waals surface area contributed by atoms with Crippen LogP contribution in [-0.2, 0) is 9.59 Å². The Morgan fingerprint density at radius 2 is 1.81 bits per heavy atom. The SMILES string of the molecule is O=C(O)C(C(=O)O)c1nc2ccccc2o1. The van der Waals surface area contributed by atoms with E-state index >= 15 is 0 Å². The number of nitrogens with zero attached hydrogens (tertiary/aromatic N) is 1. The highest BCUT2D eigenvalue weighted by Crippen LogP contribution is 2.21. The molecule has 2 aromatic rings. The molecule has 0 saturated carbocycles. The first-order valence-corrected chi connectivity index (χ1v) is 4.40. The van der Waals surface area contributed by atoms with E-state index in [9.17, 15) is 9.59 Å². The molecule has 0 atom stereocenters. The third-order valence-electron chi connectivity index (χ3n) is 2.05. The van der Waals surface area contributed by atoms with E-state index < -0.39 is 17.9 Å². The normalized spacial score (nSPS) is 10.8. The molecule has 6 nitrogen and oxygen atoms in total. The first-order valence-electron chi connectivity index (χ1n) is 4.40. The molecule has 1 aromatic carbocycles. The van der Waals surface area contributed by atoms with Gasteiger partial charge in [-0.1, -0.05) is 12.1 Å². The van der Waals surface area contributed by atoms with Crippen LogP contribution >= 0.6 is 0 Å². The second-order valence-corrected chi connectivity index (χ2v) is 3.13. The van der Waals surface area contributed by atoms with E-state index in [2.05, 4.69) is 4.98 Å². The van der Waals surface area contributed by atoms with Gasteiger partial charge in [0.05, 0.1) is 0 Å². The van der Waals surface area contributed by atoms with Gasteiger partial charge in [-0.25, -0.2) is 4.98 Å². The van der Waals surface area contributed by atoms with Crippen LogP contribution in [0.2, 0.25) is 0 Å². The van der Waals surface area contributed by atoms with Gasteiger partial charge in [-0.3, -0.25) is 9.59 Å². The molecule has 0 fully saturated rings. The van der Waals surface area contributed by atoms with E-state index in [0.29, 0.717) is 11.1 Å². The lowest BCUT2D eigenvalue weighted by atomic mass is 10.1. The number of hydrogen-bond donors (Lipinski definition) is 2. The van der Waals surface area contributed by atoms with Gasteiger partial charge in [0.2, 0.25) is 11.8 Å². The Morgan fingerprint density at radius 3 is 2.38 bits per heavy atom. The molecule has 6 heteroatoms. The fourth-order valence-electron chi connectivity index (χ4n) is 1.33. The smallest absolute Gasteiger partial charge is 0.327 e. The molecule has 0 aliphatic heterocycles. The summed E-state index contributed by atoms with van der Waals surface area (Å²) >= 11 is 0. The highest BCUT2D eigenvalue weighted by atomic mass is 16.4. The van der Waals surface area contributed by atoms with Crippen molar-refractivity contribution >= 4 is 23.0 Å². The van der Waals surface area contributed by atoms with Crippen molar-refractivity contribution in [1.82, 2.24) is 4.98 Å². The molecule has 1 aromatic heterocycles. The molecule has 0 unspecified atom stereocenters. The average Bonchev–Trinajstić information content (AvgIpc) is 2.58. The van der Waals surface area contributed by atoms with Crippen molar-refractivity contribution < 1.29 is 24.2 Å². The largest absolute Gasteiger partial charge is 0.480 e. The average molecular weight is 221 g/mol. The zero-order chi connectivity index (χ0) is 11.7. The number of carboxylic acid groups (broad SMARTS) is 2. The number of carboxylic acids is 2. The van der Waals surface area contributed by atoms with Gasteiger partial charge in [-0.2, -0.15) is 0 Å². The number of fused-ring (bicyclic) bond motifs is 1. The topological polar surface area (TPSA) is 101 Å². The van der Waals surface area contributed by atoms with Crippen molar-refractivity contribution in [1.29, 1.82) is 0 Å². The molecule has 0 aliphatic rings. The third-order valence-corrected chi connectivity index (χ3v) is 2.05. The first kappa shape index (κ1) is 10.2. The summed E-state index contributed by atoms with van der Waals surface area (Å²) < 4.78 is 5.08. The number of hydrogen-bond acceptors (Lipinski definition) is 4. The molecule has 0 saturated heterocycles. The summed E-state index contributed by atoms with van der Waals surface area (Å²) in [5.41, 5.74) is 0.801. The van der Waals surface area contributed by atoms with Gasteiger partial charge in [-0.05, 0) is 12.1 Å². The van der Waals surface area contributed by atoms with Crippen LogP contribution < -0.4 is 0 Å². The second kappa shape index (κ2) is 3.65. The predicted molar refractivity (Wildman–Crippen MR) is 52.0 cm³/mol. The molecule has 2 rings (SSSR count). The minimum absolute atomic E-state index is 0.318. The fourth-order valence-corrected chi connectivity index (χ4v) is 1.33. The Bertz CT molecular complexity index is 512. The Balaban J connectivity index is 2.53. The highest BCUT2D eigenvalue weighted by molar-refractivity contribution is 5.98. The summed E-state index contributed by atoms with van der Waals surface area (Å²) in [5.74, 6) is -5.09. The van der Waals surface area contributed by atoms with Crippen LogP contribution in [0.25, 0.3) is 11.1 Å². The zero-order valence-corrected chi connectivity index (χ0v) is 7.95. The van der Waals surface area contributed by atoms with Crippen molar-refractivity contribution in [3.05, 3.63) is 30.2 Å². The number of carbonyl (C=O) groups is 2. The lowest BCUT2D eigenvalue weighted by Crippen LogP contribution is -2.21. The molecule has 0 spiro atoms. The molecule has 0 aliphatic carbocycles. The summed E-state index contributed by atoms with van der Waals surface area (Å²) in [6.45, 7) is 0. The van der Waals surface area contributed by atoms with Gasteiger partial charge in [0.25, 0.3) is 0 Å². The number of rotatable bonds is 3. The monoisotopic (exact) mass is 221 g/mol. The standard InChI is InChI=1S/C10H7NO5/c12-9(13)7(10(14)15)8-11-5-3-1-2-4-6(5)16-8/h1-4,7H,(H,12,13)(H,14,15). The summed E-state index contributed by atoms with van der Waals surface area (Å²) in [6.07, 6.45) is 0. The van der Waals surface area contributed by atoms with Crippen molar-refractivity contribution in [2.75, 3.05) is 0 Å². The number of benzene rings is 1. The minimum atomic E-state index is -1.77. The Morgan fingerprint density at radius 1 is 1.19 bits per heavy atom. The summed E-state index contributed by atoms with van der Waals surface area (Å²) in [5, 5.41) is 17.5. The van der Waals surface area contributed by atoms with E-state index in [1.807, 2.05) is 0 Å². The van der Waals surface area contributed by atoms with Crippen LogP contribution in [0.1, 0.15) is 11.8 Å². The summed E-state index contributed by atoms with van der Waals surface area (Å²) in [4.78, 5) is 25.3. The third kappa shape index (κ3) is 1.60. The number of aliphatic carboxylic acids is 2. The lowest BCUT2D eigenvalue weighted by molar-refractivity contribution is -0.150. The van der Waals surface area contributed by atoms with Crippen LogP contribution in [0, 0.1) is 0 Å². The van der Waals surface area contributed by atoms with Crippen LogP contribution in [-0.4, -0.2) is 27.1 Å². The maximum Gasteiger partial charge on any atom is 0.327 e. The van der Waals surface area contributed by atoms with Crippen LogP contribution in [0.4, 0.5) is 0 Å². The molecule has 0 radical (unpaired) electrons. The number of aromatic nitrogens is 1. The molecular formula is C10H7NO5. The van der Waals surface area contributed by atoms with Gasteiger partial charge in [0.15, 0.2) is 5.58 Å². The maximum atomic E-state index is 10.7. The maximum absolute atomic E-state index is 10.7. The number of para-hydroxylation sites is 2. The highest BCUT2D eigenvalue weighted by Gasteiger charge is 2.33. The minimum Gasteiger partial charge on any atom is -0.480 e. The van der Waals surface area contributed by atoms with Crippen molar-refractivity contribution in [3.63, 3.8) is 0 Å². The van der Waals surface area contributed by atoms with E-state index in [4.69, 9.17) is 14.6 Å². The van der Waals surface area contributed by atoms with Crippen molar-refractivity contribution in [2.45, 2.75) is 5.92 Å². The van der Waals surface area contributed by atoms with Gasteiger partial charge in [0, 0.05) is 0 Å². The van der Waals surface area contributed by atoms with E-state index in [-0.39, 0.29) is 5.89 Å². The van der Waals surface area contributed by atoms with Gasteiger partial charge < -0.3 is 14.6 Å². The Labute approximate surface area is 89.1 Å². The quantitative estimate of drug-likeness (QED) is 0.752. The molecule has 82 valence electrons. The molecule has 16 heavy (non-hydrogen) atoms. The van der Waals surface area contributed by atoms with Crippen LogP contribution in [0.15, 0.2) is 28.7 Å². The van der Waals surface area contributed by atoms with Crippen LogP contribution in [0.5, 0.6) is 0 Å². The molecule has 0 bridgehead atoms. The fraction of sp³-hybridized carbons (Fsp3) is 0.100. The van der Waals surface area contributed by atoms with E-state index in [1.165, 1.54) is 0 Å². The Kier molecular flexibility index (Phi) is 2.32. The van der Waals surface area contributed by atoms with E-state index in [0.717, 1.165) is 0 Å². The summed E-state index contributed by atoms with van der Waals surface area (Å²) in [6, 6.07) is 6.59. The zero-order valence-electron chi connectivity index (χ0n) is 7.95. The molecule has 2 N–H and O–H groups in total.